The van der Waals surface area contributed by atoms with Crippen LogP contribution in [0.5, 0.6) is 11.5 Å². The zero-order valence-corrected chi connectivity index (χ0v) is 18.0. The van der Waals surface area contributed by atoms with Gasteiger partial charge in [0.25, 0.3) is 0 Å². The van der Waals surface area contributed by atoms with Gasteiger partial charge in [0.05, 0.1) is 13.2 Å². The van der Waals surface area contributed by atoms with Gasteiger partial charge in [-0.2, -0.15) is 0 Å². The highest BCUT2D eigenvalue weighted by atomic mass is 16.5. The Balaban J connectivity index is 1.66. The number of benzene rings is 2. The van der Waals surface area contributed by atoms with Crippen LogP contribution in [0.2, 0.25) is 0 Å². The van der Waals surface area contributed by atoms with Gasteiger partial charge < -0.3 is 18.9 Å². The van der Waals surface area contributed by atoms with Crippen molar-refractivity contribution in [2.45, 2.75) is 44.9 Å². The van der Waals surface area contributed by atoms with Gasteiger partial charge in [0.15, 0.2) is 0 Å². The van der Waals surface area contributed by atoms with E-state index in [4.69, 9.17) is 18.9 Å². The highest BCUT2D eigenvalue weighted by molar-refractivity contribution is 5.34. The summed E-state index contributed by atoms with van der Waals surface area (Å²) in [6.45, 7) is 3.18. The normalized spacial score (nSPS) is 10.8. The van der Waals surface area contributed by atoms with Gasteiger partial charge in [0, 0.05) is 27.4 Å². The average molecular weight is 401 g/mol. The lowest BCUT2D eigenvalue weighted by Crippen LogP contribution is -1.99. The summed E-state index contributed by atoms with van der Waals surface area (Å²) in [5, 5.41) is 0. The monoisotopic (exact) mass is 400 g/mol. The van der Waals surface area contributed by atoms with Gasteiger partial charge in [-0.1, -0.05) is 24.3 Å². The van der Waals surface area contributed by atoms with Gasteiger partial charge in [-0.15, -0.1) is 0 Å². The molecule has 2 aromatic carbocycles. The first-order chi connectivity index (χ1) is 14.3. The van der Waals surface area contributed by atoms with E-state index in [0.717, 1.165) is 82.9 Å². The number of unbranched alkanes of at least 4 members (excludes halogenated alkanes) is 4. The van der Waals surface area contributed by atoms with E-state index in [1.807, 2.05) is 0 Å². The summed E-state index contributed by atoms with van der Waals surface area (Å²) in [5.41, 5.74) is 2.56. The molecule has 0 aromatic heterocycles. The summed E-state index contributed by atoms with van der Waals surface area (Å²) >= 11 is 0. The molecule has 0 atom stereocenters. The van der Waals surface area contributed by atoms with Gasteiger partial charge in [-0.05, 0) is 80.3 Å². The molecule has 0 N–H and O–H groups in total. The van der Waals surface area contributed by atoms with Crippen molar-refractivity contribution >= 4 is 0 Å². The molecule has 0 aliphatic carbocycles. The molecule has 0 spiro atoms. The Kier molecular flexibility index (Phi) is 11.9. The topological polar surface area (TPSA) is 36.9 Å². The second-order valence-corrected chi connectivity index (χ2v) is 7.27. The molecule has 0 heterocycles. The Morgan fingerprint density at radius 1 is 0.483 bits per heavy atom. The molecule has 0 amide bonds. The minimum Gasteiger partial charge on any atom is -0.494 e. The predicted molar refractivity (Wildman–Crippen MR) is 118 cm³/mol. The fourth-order valence-corrected chi connectivity index (χ4v) is 3.07. The zero-order chi connectivity index (χ0) is 20.6. The molecule has 0 saturated heterocycles. The van der Waals surface area contributed by atoms with Crippen LogP contribution in [0.1, 0.15) is 49.7 Å². The molecular formula is C25H36O4. The van der Waals surface area contributed by atoms with Gasteiger partial charge in [0.1, 0.15) is 11.5 Å². The molecule has 0 bridgehead atoms. The lowest BCUT2D eigenvalue weighted by molar-refractivity contribution is 0.189. The van der Waals surface area contributed by atoms with E-state index in [0.29, 0.717) is 0 Å². The minimum atomic E-state index is 0.761. The van der Waals surface area contributed by atoms with Crippen LogP contribution in [0.25, 0.3) is 0 Å². The van der Waals surface area contributed by atoms with Crippen molar-refractivity contribution in [3.63, 3.8) is 0 Å². The van der Waals surface area contributed by atoms with E-state index < -0.39 is 0 Å². The molecule has 4 heteroatoms. The summed E-state index contributed by atoms with van der Waals surface area (Å²) in [4.78, 5) is 0. The van der Waals surface area contributed by atoms with Gasteiger partial charge in [-0.25, -0.2) is 0 Å². The van der Waals surface area contributed by atoms with Crippen molar-refractivity contribution in [1.82, 2.24) is 0 Å². The fraction of sp³-hybridized carbons (Fsp3) is 0.520. The molecule has 2 rings (SSSR count). The lowest BCUT2D eigenvalue weighted by Gasteiger charge is -2.09. The third-order valence-electron chi connectivity index (χ3n) is 4.78. The van der Waals surface area contributed by atoms with Crippen LogP contribution in [0.4, 0.5) is 0 Å². The quantitative estimate of drug-likeness (QED) is 0.340. The van der Waals surface area contributed by atoms with Crippen LogP contribution < -0.4 is 9.47 Å². The summed E-state index contributed by atoms with van der Waals surface area (Å²) in [6.07, 6.45) is 7.50. The summed E-state index contributed by atoms with van der Waals surface area (Å²) in [7, 11) is 3.49. The van der Waals surface area contributed by atoms with Crippen LogP contribution in [0, 0.1) is 0 Å². The van der Waals surface area contributed by atoms with Crippen molar-refractivity contribution in [2.24, 2.45) is 0 Å². The first-order valence-corrected chi connectivity index (χ1v) is 10.7. The summed E-state index contributed by atoms with van der Waals surface area (Å²) in [5.74, 6) is 1.88. The Morgan fingerprint density at radius 3 is 1.24 bits per heavy atom. The maximum atomic E-state index is 5.81. The van der Waals surface area contributed by atoms with E-state index in [-0.39, 0.29) is 0 Å². The molecule has 160 valence electrons. The minimum absolute atomic E-state index is 0.761. The highest BCUT2D eigenvalue weighted by Crippen LogP contribution is 2.18. The molecule has 0 unspecified atom stereocenters. The van der Waals surface area contributed by atoms with Crippen molar-refractivity contribution in [3.8, 4) is 11.5 Å². The van der Waals surface area contributed by atoms with Crippen LogP contribution >= 0.6 is 0 Å². The number of hydrogen-bond acceptors (Lipinski definition) is 4. The third-order valence-corrected chi connectivity index (χ3v) is 4.78. The fourth-order valence-electron chi connectivity index (χ4n) is 3.07. The van der Waals surface area contributed by atoms with E-state index >= 15 is 0 Å². The van der Waals surface area contributed by atoms with Crippen LogP contribution in [-0.4, -0.2) is 40.6 Å². The number of rotatable bonds is 16. The Labute approximate surface area is 176 Å². The van der Waals surface area contributed by atoms with Crippen LogP contribution in [-0.2, 0) is 15.9 Å². The number of methoxy groups -OCH3 is 2. The third kappa shape index (κ3) is 10.3. The van der Waals surface area contributed by atoms with Crippen LogP contribution in [0.3, 0.4) is 0 Å². The summed E-state index contributed by atoms with van der Waals surface area (Å²) < 4.78 is 21.7. The molecular weight excluding hydrogens is 364 g/mol. The van der Waals surface area contributed by atoms with Gasteiger partial charge >= 0.3 is 0 Å². The molecule has 4 nitrogen and oxygen atoms in total. The maximum Gasteiger partial charge on any atom is 0.119 e. The van der Waals surface area contributed by atoms with Crippen molar-refractivity contribution in [1.29, 1.82) is 0 Å². The molecule has 29 heavy (non-hydrogen) atoms. The Hall–Kier alpha value is -2.04. The van der Waals surface area contributed by atoms with Crippen molar-refractivity contribution in [3.05, 3.63) is 59.7 Å². The first kappa shape index (κ1) is 23.2. The predicted octanol–water partition coefficient (Wildman–Crippen LogP) is 5.67. The largest absolute Gasteiger partial charge is 0.494 e. The lowest BCUT2D eigenvalue weighted by atomic mass is 10.0. The van der Waals surface area contributed by atoms with E-state index in [1.165, 1.54) is 11.1 Å². The zero-order valence-electron chi connectivity index (χ0n) is 18.0. The van der Waals surface area contributed by atoms with E-state index in [9.17, 15) is 0 Å². The highest BCUT2D eigenvalue weighted by Gasteiger charge is 2.00. The maximum absolute atomic E-state index is 5.81. The summed E-state index contributed by atoms with van der Waals surface area (Å²) in [6, 6.07) is 16.8. The second-order valence-electron chi connectivity index (χ2n) is 7.27. The molecule has 0 fully saturated rings. The Morgan fingerprint density at radius 2 is 0.862 bits per heavy atom. The van der Waals surface area contributed by atoms with Gasteiger partial charge in [0.2, 0.25) is 0 Å². The Bertz CT molecular complexity index is 579. The second kappa shape index (κ2) is 14.9. The molecule has 0 radical (unpaired) electrons. The molecule has 2 aromatic rings. The van der Waals surface area contributed by atoms with Crippen molar-refractivity contribution in [2.75, 3.05) is 40.6 Å². The first-order valence-electron chi connectivity index (χ1n) is 10.7. The molecule has 0 aliphatic rings. The van der Waals surface area contributed by atoms with Gasteiger partial charge in [-0.3, -0.25) is 0 Å². The van der Waals surface area contributed by atoms with Crippen molar-refractivity contribution < 1.29 is 18.9 Å². The molecule has 0 saturated carbocycles. The smallest absolute Gasteiger partial charge is 0.119 e. The van der Waals surface area contributed by atoms with E-state index in [1.54, 1.807) is 14.2 Å². The standard InChI is InChI=1S/C25H36O4/c1-26-17-5-3-7-19-28-24-13-9-22(10-14-24)21-23-11-15-25(16-12-23)29-20-8-4-6-18-27-2/h9-16H,3-8,17-21H2,1-2H3. The average Bonchev–Trinajstić information content (AvgIpc) is 2.75. The number of hydrogen-bond donors (Lipinski definition) is 0. The SMILES string of the molecule is COCCCCCOc1ccc(Cc2ccc(OCCCCCOC)cc2)cc1. The van der Waals surface area contributed by atoms with Crippen LogP contribution in [0.15, 0.2) is 48.5 Å². The molecule has 0 aliphatic heterocycles. The number of ether oxygens (including phenoxy) is 4. The van der Waals surface area contributed by atoms with E-state index in [2.05, 4.69) is 48.5 Å².